The van der Waals surface area contributed by atoms with Crippen molar-refractivity contribution in [3.05, 3.63) is 69.7 Å². The quantitative estimate of drug-likeness (QED) is 0.753. The molecule has 2 rings (SSSR count). The van der Waals surface area contributed by atoms with Gasteiger partial charge in [-0.25, -0.2) is 0 Å². The van der Waals surface area contributed by atoms with Crippen molar-refractivity contribution in [3.63, 3.8) is 0 Å². The maximum atomic E-state index is 12.2. The predicted octanol–water partition coefficient (Wildman–Crippen LogP) is 4.89. The van der Waals surface area contributed by atoms with Gasteiger partial charge in [-0.2, -0.15) is 0 Å². The first kappa shape index (κ1) is 14.3. The summed E-state index contributed by atoms with van der Waals surface area (Å²) in [6, 6.07) is 14.0. The molecule has 19 heavy (non-hydrogen) atoms. The van der Waals surface area contributed by atoms with Crippen LogP contribution < -0.4 is 0 Å². The van der Waals surface area contributed by atoms with E-state index in [2.05, 4.69) is 0 Å². The minimum Gasteiger partial charge on any atom is -0.318 e. The fourth-order valence-corrected chi connectivity index (χ4v) is 3.76. The van der Waals surface area contributed by atoms with Crippen molar-refractivity contribution in [3.8, 4) is 0 Å². The maximum absolute atomic E-state index is 12.2. The Morgan fingerprint density at radius 1 is 0.947 bits per heavy atom. The van der Waals surface area contributed by atoms with E-state index in [1.807, 2.05) is 30.3 Å². The highest BCUT2D eigenvalue weighted by molar-refractivity contribution is 7.63. The third kappa shape index (κ3) is 3.48. The molecule has 0 aliphatic rings. The molecule has 0 aliphatic heterocycles. The van der Waals surface area contributed by atoms with Gasteiger partial charge in [0.05, 0.1) is 15.6 Å². The lowest BCUT2D eigenvalue weighted by atomic mass is 10.2. The van der Waals surface area contributed by atoms with E-state index in [1.54, 1.807) is 18.2 Å². The summed E-state index contributed by atoms with van der Waals surface area (Å²) in [7, 11) is -2.47. The van der Waals surface area contributed by atoms with Gasteiger partial charge in [-0.3, -0.25) is 4.79 Å². The lowest BCUT2D eigenvalue weighted by Crippen LogP contribution is -1.97. The Labute approximate surface area is 122 Å². The summed E-state index contributed by atoms with van der Waals surface area (Å²) >= 11 is 11.9. The van der Waals surface area contributed by atoms with Crippen molar-refractivity contribution < 1.29 is 9.36 Å². The molecule has 1 atom stereocenters. The molecule has 0 spiro atoms. The predicted molar refractivity (Wildman–Crippen MR) is 79.9 cm³/mol. The Balaban J connectivity index is 2.23. The lowest BCUT2D eigenvalue weighted by Gasteiger charge is -2.06. The van der Waals surface area contributed by atoms with Crippen LogP contribution in [0.15, 0.2) is 48.5 Å². The molecular weight excluding hydrogens is 302 g/mol. The second-order valence-electron chi connectivity index (χ2n) is 4.01. The van der Waals surface area contributed by atoms with Gasteiger partial charge in [-0.15, -0.1) is 0 Å². The van der Waals surface area contributed by atoms with Gasteiger partial charge in [0.15, 0.2) is 0 Å². The number of benzene rings is 2. The largest absolute Gasteiger partial charge is 0.318 e. The molecule has 0 N–H and O–H groups in total. The Bertz CT molecular complexity index is 606. The SMILES string of the molecule is O=C(c1c(Cl)cccc1Cl)[PH](=O)Cc1ccccc1. The third-order valence-corrected chi connectivity index (χ3v) is 4.77. The average Bonchev–Trinajstić information content (AvgIpc) is 2.39. The first-order valence-corrected chi connectivity index (χ1v) is 8.02. The zero-order chi connectivity index (χ0) is 13.8. The topological polar surface area (TPSA) is 34.1 Å². The highest BCUT2D eigenvalue weighted by atomic mass is 35.5. The normalized spacial score (nSPS) is 12.1. The molecule has 0 saturated carbocycles. The van der Waals surface area contributed by atoms with Gasteiger partial charge in [-0.05, 0) is 17.7 Å². The number of hydrogen-bond donors (Lipinski definition) is 0. The van der Waals surface area contributed by atoms with Crippen molar-refractivity contribution in [2.45, 2.75) is 6.16 Å². The molecule has 0 aromatic heterocycles. The average molecular weight is 313 g/mol. The van der Waals surface area contributed by atoms with E-state index in [1.165, 1.54) is 0 Å². The second-order valence-corrected chi connectivity index (χ2v) is 6.48. The van der Waals surface area contributed by atoms with Crippen LogP contribution in [-0.4, -0.2) is 5.52 Å². The van der Waals surface area contributed by atoms with E-state index in [4.69, 9.17) is 23.2 Å². The summed E-state index contributed by atoms with van der Waals surface area (Å²) in [5.74, 6) is 0. The fraction of sp³-hybridized carbons (Fsp3) is 0.0714. The molecule has 2 nitrogen and oxygen atoms in total. The Hall–Kier alpha value is -1.08. The van der Waals surface area contributed by atoms with E-state index in [9.17, 15) is 9.36 Å². The van der Waals surface area contributed by atoms with E-state index >= 15 is 0 Å². The summed E-state index contributed by atoms with van der Waals surface area (Å²) in [4.78, 5) is 12.2. The Kier molecular flexibility index (Phi) is 4.81. The first-order chi connectivity index (χ1) is 9.09. The van der Waals surface area contributed by atoms with Crippen molar-refractivity contribution in [2.75, 3.05) is 0 Å². The zero-order valence-corrected chi connectivity index (χ0v) is 12.4. The minimum atomic E-state index is -2.47. The summed E-state index contributed by atoms with van der Waals surface area (Å²) in [5.41, 5.74) is 0.554. The number of carbonyl (C=O) groups is 1. The molecule has 0 heterocycles. The van der Waals surface area contributed by atoms with E-state index in [-0.39, 0.29) is 21.8 Å². The van der Waals surface area contributed by atoms with Crippen LogP contribution in [0.3, 0.4) is 0 Å². The zero-order valence-electron chi connectivity index (χ0n) is 9.90. The van der Waals surface area contributed by atoms with Crippen LogP contribution >= 0.6 is 31.0 Å². The van der Waals surface area contributed by atoms with Crippen molar-refractivity contribution >= 4 is 36.5 Å². The van der Waals surface area contributed by atoms with Crippen LogP contribution in [-0.2, 0) is 10.7 Å². The molecule has 0 aliphatic carbocycles. The summed E-state index contributed by atoms with van der Waals surface area (Å²) in [6.45, 7) is 0. The molecule has 0 saturated heterocycles. The summed E-state index contributed by atoms with van der Waals surface area (Å²) < 4.78 is 12.1. The second kappa shape index (κ2) is 6.38. The minimum absolute atomic E-state index is 0.158. The van der Waals surface area contributed by atoms with Crippen molar-refractivity contribution in [1.29, 1.82) is 0 Å². The molecule has 5 heteroatoms. The Morgan fingerprint density at radius 2 is 1.53 bits per heavy atom. The monoisotopic (exact) mass is 312 g/mol. The number of halogens is 2. The van der Waals surface area contributed by atoms with Crippen LogP contribution in [0.5, 0.6) is 0 Å². The van der Waals surface area contributed by atoms with Gasteiger partial charge in [-0.1, -0.05) is 59.6 Å². The van der Waals surface area contributed by atoms with Crippen molar-refractivity contribution in [1.82, 2.24) is 0 Å². The highest BCUT2D eigenvalue weighted by Crippen LogP contribution is 2.36. The standard InChI is InChI=1S/C14H11Cl2O2P/c15-11-7-4-8-12(16)13(11)14(17)19(18)9-10-5-2-1-3-6-10/h1-8,19H,9H2. The van der Waals surface area contributed by atoms with Crippen LogP contribution in [0, 0.1) is 0 Å². The Morgan fingerprint density at radius 3 is 2.11 bits per heavy atom. The summed E-state index contributed by atoms with van der Waals surface area (Å²) in [5, 5.41) is 0.479. The molecule has 2 aromatic carbocycles. The van der Waals surface area contributed by atoms with E-state index < -0.39 is 13.3 Å². The van der Waals surface area contributed by atoms with Crippen molar-refractivity contribution in [2.24, 2.45) is 0 Å². The van der Waals surface area contributed by atoms with Gasteiger partial charge < -0.3 is 4.57 Å². The molecular formula is C14H11Cl2O2P. The molecule has 0 amide bonds. The van der Waals surface area contributed by atoms with E-state index in [0.717, 1.165) is 5.56 Å². The molecule has 98 valence electrons. The van der Waals surface area contributed by atoms with Crippen LogP contribution in [0.1, 0.15) is 15.9 Å². The number of hydrogen-bond acceptors (Lipinski definition) is 2. The molecule has 0 fully saturated rings. The van der Waals surface area contributed by atoms with Gasteiger partial charge in [0.1, 0.15) is 7.80 Å². The number of carbonyl (C=O) groups excluding carboxylic acids is 1. The van der Waals surface area contributed by atoms with Gasteiger partial charge >= 0.3 is 0 Å². The van der Waals surface area contributed by atoms with Gasteiger partial charge in [0, 0.05) is 6.16 Å². The smallest absolute Gasteiger partial charge is 0.221 e. The molecule has 0 bridgehead atoms. The summed E-state index contributed by atoms with van der Waals surface area (Å²) in [6.07, 6.45) is 0.228. The number of rotatable bonds is 4. The third-order valence-electron chi connectivity index (χ3n) is 2.65. The lowest BCUT2D eigenvalue weighted by molar-refractivity contribution is 0.107. The van der Waals surface area contributed by atoms with E-state index in [0.29, 0.717) is 0 Å². The van der Waals surface area contributed by atoms with Gasteiger partial charge in [0.25, 0.3) is 0 Å². The molecule has 0 radical (unpaired) electrons. The fourth-order valence-electron chi connectivity index (χ4n) is 1.72. The van der Waals surface area contributed by atoms with Crippen LogP contribution in [0.4, 0.5) is 0 Å². The van der Waals surface area contributed by atoms with Gasteiger partial charge in [0.2, 0.25) is 5.52 Å². The van der Waals surface area contributed by atoms with Crippen LogP contribution in [0.2, 0.25) is 10.0 Å². The maximum Gasteiger partial charge on any atom is 0.221 e. The molecule has 1 unspecified atom stereocenters. The molecule has 2 aromatic rings. The first-order valence-electron chi connectivity index (χ1n) is 5.65. The highest BCUT2D eigenvalue weighted by Gasteiger charge is 2.20. The van der Waals surface area contributed by atoms with Crippen LogP contribution in [0.25, 0.3) is 0 Å².